The normalized spacial score (nSPS) is 10.3. The molecule has 0 N–H and O–H groups in total. The molecule has 2 heterocycles. The molecule has 2 aromatic heterocycles. The van der Waals surface area contributed by atoms with Gasteiger partial charge < -0.3 is 14.2 Å². The van der Waals surface area contributed by atoms with Crippen LogP contribution in [0, 0.1) is 6.92 Å². The third-order valence-corrected chi connectivity index (χ3v) is 2.60. The van der Waals surface area contributed by atoms with Crippen LogP contribution in [0.3, 0.4) is 0 Å². The Hall–Kier alpha value is -2.44. The zero-order chi connectivity index (χ0) is 14.5. The van der Waals surface area contributed by atoms with Gasteiger partial charge in [0.25, 0.3) is 0 Å². The Morgan fingerprint density at radius 1 is 1.45 bits per heavy atom. The summed E-state index contributed by atoms with van der Waals surface area (Å²) < 4.78 is 9.81. The van der Waals surface area contributed by atoms with Crippen molar-refractivity contribution in [1.82, 2.24) is 15.1 Å². The molecule has 2 rings (SSSR count). The van der Waals surface area contributed by atoms with Crippen molar-refractivity contribution < 1.29 is 14.1 Å². The number of hydrogen-bond donors (Lipinski definition) is 0. The van der Waals surface area contributed by atoms with E-state index < -0.39 is 0 Å². The van der Waals surface area contributed by atoms with Gasteiger partial charge in [-0.25, -0.2) is 9.78 Å². The molecule has 0 aliphatic carbocycles. The number of anilines is 1. The van der Waals surface area contributed by atoms with Gasteiger partial charge in [-0.3, -0.25) is 0 Å². The van der Waals surface area contributed by atoms with Crippen molar-refractivity contribution in [2.45, 2.75) is 20.4 Å². The molecule has 0 bridgehead atoms. The van der Waals surface area contributed by atoms with E-state index in [1.54, 1.807) is 26.0 Å². The molecule has 0 spiro atoms. The van der Waals surface area contributed by atoms with Crippen molar-refractivity contribution in [3.05, 3.63) is 35.6 Å². The number of nitrogens with zero attached hydrogens (tertiary/aromatic N) is 4. The molecule has 106 valence electrons. The van der Waals surface area contributed by atoms with E-state index in [0.717, 1.165) is 0 Å². The predicted octanol–water partition coefficient (Wildman–Crippen LogP) is 1.59. The fourth-order valence-corrected chi connectivity index (χ4v) is 1.65. The molecule has 7 heteroatoms. The molecule has 7 nitrogen and oxygen atoms in total. The van der Waals surface area contributed by atoms with Crippen molar-refractivity contribution >= 4 is 11.8 Å². The van der Waals surface area contributed by atoms with Crippen LogP contribution in [0.25, 0.3) is 0 Å². The number of aromatic nitrogens is 3. The summed E-state index contributed by atoms with van der Waals surface area (Å²) in [7, 11) is 1.86. The van der Waals surface area contributed by atoms with Crippen LogP contribution in [-0.4, -0.2) is 34.7 Å². The van der Waals surface area contributed by atoms with Crippen LogP contribution in [0.15, 0.2) is 22.9 Å². The van der Waals surface area contributed by atoms with Crippen LogP contribution in [0.4, 0.5) is 5.82 Å². The number of esters is 1. The number of hydrogen-bond acceptors (Lipinski definition) is 7. The Morgan fingerprint density at radius 3 is 2.80 bits per heavy atom. The van der Waals surface area contributed by atoms with E-state index in [1.807, 2.05) is 11.9 Å². The highest BCUT2D eigenvalue weighted by Crippen LogP contribution is 2.12. The zero-order valence-corrected chi connectivity index (χ0v) is 11.7. The Balaban J connectivity index is 2.03. The second kappa shape index (κ2) is 6.14. The molecule has 0 amide bonds. The molecule has 20 heavy (non-hydrogen) atoms. The monoisotopic (exact) mass is 276 g/mol. The first-order chi connectivity index (χ1) is 9.60. The average Bonchev–Trinajstić information content (AvgIpc) is 2.84. The third kappa shape index (κ3) is 3.31. The first-order valence-corrected chi connectivity index (χ1v) is 6.23. The maximum absolute atomic E-state index is 11.5. The number of ether oxygens (including phenoxy) is 1. The number of aryl methyl sites for hydroxylation is 1. The van der Waals surface area contributed by atoms with Crippen LogP contribution in [-0.2, 0) is 11.3 Å². The predicted molar refractivity (Wildman–Crippen MR) is 71.3 cm³/mol. The minimum Gasteiger partial charge on any atom is -0.462 e. The zero-order valence-electron chi connectivity index (χ0n) is 11.7. The maximum atomic E-state index is 11.5. The van der Waals surface area contributed by atoms with Crippen LogP contribution in [0.2, 0.25) is 0 Å². The highest BCUT2D eigenvalue weighted by atomic mass is 16.5. The van der Waals surface area contributed by atoms with Gasteiger partial charge in [-0.15, -0.1) is 0 Å². The largest absolute Gasteiger partial charge is 0.462 e. The van der Waals surface area contributed by atoms with Crippen molar-refractivity contribution in [1.29, 1.82) is 0 Å². The SMILES string of the molecule is CCOC(=O)c1ccc(N(C)Cc2noc(C)n2)nc1. The van der Waals surface area contributed by atoms with Gasteiger partial charge in [0.15, 0.2) is 5.82 Å². The lowest BCUT2D eigenvalue weighted by atomic mass is 10.3. The summed E-state index contributed by atoms with van der Waals surface area (Å²) in [6.07, 6.45) is 1.49. The van der Waals surface area contributed by atoms with Crippen molar-refractivity contribution in [2.24, 2.45) is 0 Å². The van der Waals surface area contributed by atoms with Gasteiger partial charge in [0.05, 0.1) is 18.7 Å². The number of carbonyl (C=O) groups is 1. The second-order valence-electron chi connectivity index (χ2n) is 4.21. The quantitative estimate of drug-likeness (QED) is 0.767. The molecular weight excluding hydrogens is 260 g/mol. The number of rotatable bonds is 5. The van der Waals surface area contributed by atoms with E-state index in [2.05, 4.69) is 15.1 Å². The van der Waals surface area contributed by atoms with Gasteiger partial charge in [-0.05, 0) is 19.1 Å². The maximum Gasteiger partial charge on any atom is 0.339 e. The number of carbonyl (C=O) groups excluding carboxylic acids is 1. The topological polar surface area (TPSA) is 81.4 Å². The lowest BCUT2D eigenvalue weighted by molar-refractivity contribution is 0.0526. The van der Waals surface area contributed by atoms with Crippen LogP contribution < -0.4 is 4.90 Å². The van der Waals surface area contributed by atoms with Gasteiger partial charge in [0.1, 0.15) is 5.82 Å². The van der Waals surface area contributed by atoms with Crippen molar-refractivity contribution in [3.63, 3.8) is 0 Å². The standard InChI is InChI=1S/C13H16N4O3/c1-4-19-13(18)10-5-6-12(14-7-10)17(3)8-11-15-9(2)20-16-11/h5-7H,4,8H2,1-3H3. The van der Waals surface area contributed by atoms with E-state index in [-0.39, 0.29) is 5.97 Å². The molecule has 0 atom stereocenters. The summed E-state index contributed by atoms with van der Waals surface area (Å²) in [6, 6.07) is 3.43. The Kier molecular flexibility index (Phi) is 4.29. The first kappa shape index (κ1) is 14.0. The van der Waals surface area contributed by atoms with Crippen LogP contribution >= 0.6 is 0 Å². The fraction of sp³-hybridized carbons (Fsp3) is 0.385. The van der Waals surface area contributed by atoms with Gasteiger partial charge in [0, 0.05) is 20.2 Å². The molecular formula is C13H16N4O3. The lowest BCUT2D eigenvalue weighted by Gasteiger charge is -2.15. The van der Waals surface area contributed by atoms with E-state index in [9.17, 15) is 4.79 Å². The van der Waals surface area contributed by atoms with Gasteiger partial charge >= 0.3 is 5.97 Å². The summed E-state index contributed by atoms with van der Waals surface area (Å²) >= 11 is 0. The van der Waals surface area contributed by atoms with E-state index in [4.69, 9.17) is 9.26 Å². The minimum absolute atomic E-state index is 0.345. The summed E-state index contributed by atoms with van der Waals surface area (Å²) in [5.41, 5.74) is 0.430. The highest BCUT2D eigenvalue weighted by Gasteiger charge is 2.11. The minimum atomic E-state index is -0.372. The second-order valence-corrected chi connectivity index (χ2v) is 4.21. The molecule has 0 unspecified atom stereocenters. The Morgan fingerprint density at radius 2 is 2.25 bits per heavy atom. The highest BCUT2D eigenvalue weighted by molar-refractivity contribution is 5.89. The Bertz CT molecular complexity index is 580. The molecule has 2 aromatic rings. The smallest absolute Gasteiger partial charge is 0.339 e. The molecule has 0 aromatic carbocycles. The summed E-state index contributed by atoms with van der Waals surface area (Å²) in [5, 5.41) is 3.82. The van der Waals surface area contributed by atoms with Gasteiger partial charge in [-0.2, -0.15) is 4.98 Å². The molecule has 0 aliphatic rings. The molecule has 0 saturated heterocycles. The molecule has 0 fully saturated rings. The van der Waals surface area contributed by atoms with E-state index in [0.29, 0.717) is 36.2 Å². The van der Waals surface area contributed by atoms with E-state index >= 15 is 0 Å². The Labute approximate surface area is 116 Å². The molecule has 0 radical (unpaired) electrons. The van der Waals surface area contributed by atoms with Crippen LogP contribution in [0.5, 0.6) is 0 Å². The summed E-state index contributed by atoms with van der Waals surface area (Å²) in [4.78, 5) is 21.7. The van der Waals surface area contributed by atoms with E-state index in [1.165, 1.54) is 6.20 Å². The van der Waals surface area contributed by atoms with Gasteiger partial charge in [-0.1, -0.05) is 5.16 Å². The molecule has 0 aliphatic heterocycles. The van der Waals surface area contributed by atoms with Gasteiger partial charge in [0.2, 0.25) is 5.89 Å². The number of pyridine rings is 1. The molecule has 0 saturated carbocycles. The summed E-state index contributed by atoms with van der Waals surface area (Å²) in [6.45, 7) is 4.32. The average molecular weight is 276 g/mol. The van der Waals surface area contributed by atoms with Crippen molar-refractivity contribution in [3.8, 4) is 0 Å². The first-order valence-electron chi connectivity index (χ1n) is 6.23. The lowest BCUT2D eigenvalue weighted by Crippen LogP contribution is -2.18. The third-order valence-electron chi connectivity index (χ3n) is 2.60. The fourth-order valence-electron chi connectivity index (χ4n) is 1.65. The van der Waals surface area contributed by atoms with Crippen molar-refractivity contribution in [2.75, 3.05) is 18.6 Å². The summed E-state index contributed by atoms with van der Waals surface area (Å²) in [5.74, 6) is 1.45. The van der Waals surface area contributed by atoms with Crippen LogP contribution in [0.1, 0.15) is 29.0 Å².